The highest BCUT2D eigenvalue weighted by Gasteiger charge is 2.79. The third kappa shape index (κ3) is 4.34. The van der Waals surface area contributed by atoms with Crippen molar-refractivity contribution >= 4 is 34.2 Å². The van der Waals surface area contributed by atoms with Crippen molar-refractivity contribution in [1.29, 1.82) is 0 Å². The van der Waals surface area contributed by atoms with Crippen LogP contribution in [0.5, 0.6) is 0 Å². The summed E-state index contributed by atoms with van der Waals surface area (Å²) >= 11 is 0. The van der Waals surface area contributed by atoms with Gasteiger partial charge in [-0.3, -0.25) is 14.4 Å². The van der Waals surface area contributed by atoms with Gasteiger partial charge in [0.15, 0.2) is 0 Å². The Balaban J connectivity index is 1.58. The zero-order valence-electron chi connectivity index (χ0n) is 23.1. The van der Waals surface area contributed by atoms with Gasteiger partial charge in [-0.25, -0.2) is 0 Å². The van der Waals surface area contributed by atoms with Crippen LogP contribution in [0.3, 0.4) is 0 Å². The van der Waals surface area contributed by atoms with Crippen LogP contribution < -0.4 is 4.90 Å². The standard InChI is InChI=1S/C32H38N2O6/c1-4-17-33(24-14-13-22-11-7-8-12-23(22)21-24)29(37)27-32-16-15-31(6-3,40-32)26(30(38)39-20-5-2)25(32)28(36)34(27)18-9-10-19-35/h4-5,7-8,11-14,21,25-27,35H,1-2,6,9-10,15-20H2,3H3/t25-,26+,27?,31-,32?/m0/s1. The summed E-state index contributed by atoms with van der Waals surface area (Å²) in [5, 5.41) is 11.5. The van der Waals surface area contributed by atoms with Crippen LogP contribution in [-0.2, 0) is 23.9 Å². The lowest BCUT2D eigenvalue weighted by molar-refractivity contribution is -0.159. The van der Waals surface area contributed by atoms with Crippen LogP contribution in [0.25, 0.3) is 10.8 Å². The van der Waals surface area contributed by atoms with E-state index in [-0.39, 0.29) is 38.1 Å². The Morgan fingerprint density at radius 3 is 2.62 bits per heavy atom. The van der Waals surface area contributed by atoms with Crippen LogP contribution in [0.1, 0.15) is 39.0 Å². The molecule has 2 aromatic carbocycles. The molecule has 2 bridgehead atoms. The number of carbonyl (C=O) groups is 3. The molecule has 0 saturated carbocycles. The van der Waals surface area contributed by atoms with Crippen LogP contribution >= 0.6 is 0 Å². The lowest BCUT2D eigenvalue weighted by atomic mass is 9.65. The van der Waals surface area contributed by atoms with Gasteiger partial charge in [-0.2, -0.15) is 0 Å². The first-order valence-electron chi connectivity index (χ1n) is 14.2. The zero-order valence-corrected chi connectivity index (χ0v) is 23.1. The maximum atomic E-state index is 14.7. The number of carbonyl (C=O) groups excluding carboxylic acids is 3. The molecular formula is C32H38N2O6. The van der Waals surface area contributed by atoms with E-state index in [0.29, 0.717) is 37.8 Å². The second-order valence-corrected chi connectivity index (χ2v) is 11.0. The minimum absolute atomic E-state index is 0.0131. The minimum atomic E-state index is -1.14. The van der Waals surface area contributed by atoms with Crippen molar-refractivity contribution in [3.05, 3.63) is 67.8 Å². The van der Waals surface area contributed by atoms with Gasteiger partial charge in [-0.15, -0.1) is 6.58 Å². The van der Waals surface area contributed by atoms with E-state index in [0.717, 1.165) is 10.8 Å². The number of fused-ring (bicyclic) bond motifs is 2. The van der Waals surface area contributed by atoms with E-state index in [1.165, 1.54) is 6.08 Å². The molecule has 0 radical (unpaired) electrons. The molecule has 2 amide bonds. The first kappa shape index (κ1) is 28.1. The molecule has 5 atom stereocenters. The molecule has 3 aliphatic heterocycles. The molecule has 2 aromatic rings. The number of anilines is 1. The lowest BCUT2D eigenvalue weighted by Crippen LogP contribution is -2.56. The van der Waals surface area contributed by atoms with Crippen LogP contribution in [0.2, 0.25) is 0 Å². The van der Waals surface area contributed by atoms with Gasteiger partial charge < -0.3 is 24.4 Å². The summed E-state index contributed by atoms with van der Waals surface area (Å²) < 4.78 is 12.3. The number of hydrogen-bond donors (Lipinski definition) is 1. The fourth-order valence-electron chi connectivity index (χ4n) is 7.17. The summed E-state index contributed by atoms with van der Waals surface area (Å²) in [6.07, 6.45) is 5.78. The summed E-state index contributed by atoms with van der Waals surface area (Å²) in [6, 6.07) is 12.9. The highest BCUT2D eigenvalue weighted by Crippen LogP contribution is 2.64. The smallest absolute Gasteiger partial charge is 0.313 e. The van der Waals surface area contributed by atoms with Crippen molar-refractivity contribution in [2.75, 3.05) is 31.2 Å². The van der Waals surface area contributed by atoms with Crippen LogP contribution in [0.4, 0.5) is 5.69 Å². The number of benzene rings is 2. The Morgan fingerprint density at radius 1 is 1.15 bits per heavy atom. The topological polar surface area (TPSA) is 96.4 Å². The number of rotatable bonds is 12. The van der Waals surface area contributed by atoms with Crippen molar-refractivity contribution in [3.63, 3.8) is 0 Å². The predicted octanol–water partition coefficient (Wildman–Crippen LogP) is 4.02. The highest BCUT2D eigenvalue weighted by atomic mass is 16.6. The van der Waals surface area contributed by atoms with Gasteiger partial charge >= 0.3 is 5.97 Å². The average molecular weight is 547 g/mol. The van der Waals surface area contributed by atoms with E-state index in [1.54, 1.807) is 15.9 Å². The van der Waals surface area contributed by atoms with Crippen LogP contribution in [0.15, 0.2) is 67.8 Å². The molecule has 0 aromatic heterocycles. The number of hydrogen-bond acceptors (Lipinski definition) is 6. The van der Waals surface area contributed by atoms with Gasteiger partial charge in [-0.1, -0.05) is 56.0 Å². The normalized spacial score (nSPS) is 28.5. The Hall–Kier alpha value is -3.49. The quantitative estimate of drug-likeness (QED) is 0.246. The number of unbranched alkanes of at least 4 members (excludes halogenated alkanes) is 1. The summed E-state index contributed by atoms with van der Waals surface area (Å²) in [5.41, 5.74) is -1.30. The van der Waals surface area contributed by atoms with E-state index >= 15 is 0 Å². The fraction of sp³-hybridized carbons (Fsp3) is 0.469. The van der Waals surface area contributed by atoms with Crippen molar-refractivity contribution in [3.8, 4) is 0 Å². The Labute approximate surface area is 235 Å². The first-order chi connectivity index (χ1) is 19.4. The van der Waals surface area contributed by atoms with Gasteiger partial charge in [0.25, 0.3) is 5.91 Å². The Morgan fingerprint density at radius 2 is 1.93 bits per heavy atom. The number of aliphatic hydroxyl groups excluding tert-OH is 1. The number of esters is 1. The average Bonchev–Trinajstić information content (AvgIpc) is 3.58. The summed E-state index contributed by atoms with van der Waals surface area (Å²) in [7, 11) is 0. The molecule has 8 heteroatoms. The maximum Gasteiger partial charge on any atom is 0.313 e. The number of nitrogens with zero attached hydrogens (tertiary/aromatic N) is 2. The molecule has 40 heavy (non-hydrogen) atoms. The first-order valence-corrected chi connectivity index (χ1v) is 14.2. The van der Waals surface area contributed by atoms with Gasteiger partial charge in [0.1, 0.15) is 24.2 Å². The summed E-state index contributed by atoms with van der Waals surface area (Å²) in [6.45, 7) is 10.0. The molecule has 3 fully saturated rings. The second-order valence-electron chi connectivity index (χ2n) is 11.0. The largest absolute Gasteiger partial charge is 0.461 e. The molecule has 8 nitrogen and oxygen atoms in total. The molecular weight excluding hydrogens is 508 g/mol. The van der Waals surface area contributed by atoms with E-state index in [1.807, 2.05) is 49.4 Å². The van der Waals surface area contributed by atoms with Crippen molar-refractivity contribution < 1.29 is 29.0 Å². The van der Waals surface area contributed by atoms with Crippen molar-refractivity contribution in [2.45, 2.75) is 56.3 Å². The maximum absolute atomic E-state index is 14.7. The third-order valence-corrected chi connectivity index (χ3v) is 8.94. The number of ether oxygens (including phenoxy) is 2. The Bertz CT molecular complexity index is 1330. The number of likely N-dealkylation sites (tertiary alicyclic amines) is 1. The monoisotopic (exact) mass is 546 g/mol. The lowest BCUT2D eigenvalue weighted by Gasteiger charge is -2.37. The Kier molecular flexibility index (Phi) is 7.84. The fourth-order valence-corrected chi connectivity index (χ4v) is 7.17. The summed E-state index contributed by atoms with van der Waals surface area (Å²) in [5.74, 6) is -2.62. The molecule has 3 saturated heterocycles. The van der Waals surface area contributed by atoms with Crippen molar-refractivity contribution in [1.82, 2.24) is 4.90 Å². The van der Waals surface area contributed by atoms with Gasteiger partial charge in [0, 0.05) is 25.4 Å². The summed E-state index contributed by atoms with van der Waals surface area (Å²) in [4.78, 5) is 45.5. The highest BCUT2D eigenvalue weighted by molar-refractivity contribution is 6.05. The minimum Gasteiger partial charge on any atom is -0.461 e. The van der Waals surface area contributed by atoms with Gasteiger partial charge in [0.2, 0.25) is 5.91 Å². The third-order valence-electron chi connectivity index (χ3n) is 8.94. The van der Waals surface area contributed by atoms with Crippen LogP contribution in [-0.4, -0.2) is 71.3 Å². The molecule has 1 spiro atoms. The molecule has 0 aliphatic carbocycles. The van der Waals surface area contributed by atoms with Crippen LogP contribution in [0, 0.1) is 11.8 Å². The van der Waals surface area contributed by atoms with E-state index in [4.69, 9.17) is 9.47 Å². The molecule has 2 unspecified atom stereocenters. The second kappa shape index (κ2) is 11.2. The molecule has 1 N–H and O–H groups in total. The van der Waals surface area contributed by atoms with Gasteiger partial charge in [-0.05, 0) is 55.0 Å². The zero-order chi connectivity index (χ0) is 28.5. The molecule has 212 valence electrons. The predicted molar refractivity (Wildman–Crippen MR) is 153 cm³/mol. The molecule has 3 heterocycles. The van der Waals surface area contributed by atoms with E-state index in [2.05, 4.69) is 13.2 Å². The number of amides is 2. The van der Waals surface area contributed by atoms with E-state index in [9.17, 15) is 19.5 Å². The molecule has 5 rings (SSSR count). The van der Waals surface area contributed by atoms with E-state index < -0.39 is 35.0 Å². The van der Waals surface area contributed by atoms with Crippen molar-refractivity contribution in [2.24, 2.45) is 11.8 Å². The number of aliphatic hydroxyl groups is 1. The molecule has 3 aliphatic rings. The SMILES string of the molecule is C=CCOC(=O)[C@H]1[C@H]2C(=O)N(CCCCO)C(C(=O)N(CC=C)c3ccc4ccccc4c3)C23CC[C@]1(CC)O3. The van der Waals surface area contributed by atoms with Gasteiger partial charge in [0.05, 0.1) is 11.5 Å².